The number of carbonyl (C=O) groups is 3. The Morgan fingerprint density at radius 3 is 2.37 bits per heavy atom. The lowest BCUT2D eigenvalue weighted by atomic mass is 10.1. The number of aromatic nitrogens is 2. The first-order valence-corrected chi connectivity index (χ1v) is 12.1. The number of hydrogen-bond acceptors (Lipinski definition) is 7. The first kappa shape index (κ1) is 27.0. The highest BCUT2D eigenvalue weighted by Gasteiger charge is 2.43. The molecule has 0 aromatic carbocycles. The molecule has 0 radical (unpaired) electrons. The number of ether oxygens (including phenoxy) is 2. The van der Waals surface area contributed by atoms with E-state index in [9.17, 15) is 27.6 Å². The van der Waals surface area contributed by atoms with E-state index in [1.807, 2.05) is 0 Å². The van der Waals surface area contributed by atoms with Gasteiger partial charge < -0.3 is 14.8 Å². The van der Waals surface area contributed by atoms with Crippen LogP contribution in [0.15, 0.2) is 0 Å². The second kappa shape index (κ2) is 10.2. The quantitative estimate of drug-likeness (QED) is 0.432. The molecule has 13 heteroatoms. The molecule has 1 atom stereocenters. The van der Waals surface area contributed by atoms with Crippen LogP contribution in [0.25, 0.3) is 0 Å². The van der Waals surface area contributed by atoms with Gasteiger partial charge in [-0.2, -0.15) is 18.3 Å². The molecule has 3 rings (SSSR count). The maximum atomic E-state index is 13.4. The average molecular weight is 536 g/mol. The highest BCUT2D eigenvalue weighted by Crippen LogP contribution is 2.47. The van der Waals surface area contributed by atoms with Crippen LogP contribution in [0.2, 0.25) is 5.02 Å². The first-order chi connectivity index (χ1) is 16.3. The highest BCUT2D eigenvalue weighted by molar-refractivity contribution is 7.18. The molecule has 2 aromatic rings. The molecule has 0 bridgehead atoms. The Kier molecular flexibility index (Phi) is 7.85. The number of anilines is 1. The third-order valence-corrected chi connectivity index (χ3v) is 6.82. The summed E-state index contributed by atoms with van der Waals surface area (Å²) in [6.45, 7) is 7.92. The molecule has 0 saturated heterocycles. The Labute approximate surface area is 208 Å². The van der Waals surface area contributed by atoms with Gasteiger partial charge in [0.2, 0.25) is 5.91 Å². The SMILES string of the molecule is CCOC(=O)c1sc(NC(=O)C(C)n2nc(C(F)(F)F)c(Cl)c2C2CC2)c(C(=O)OC(C)C)c1C. The van der Waals surface area contributed by atoms with Crippen molar-refractivity contribution in [1.29, 1.82) is 0 Å². The zero-order valence-electron chi connectivity index (χ0n) is 19.7. The summed E-state index contributed by atoms with van der Waals surface area (Å²) in [6.07, 6.45) is -3.98. The van der Waals surface area contributed by atoms with E-state index in [1.54, 1.807) is 20.8 Å². The number of amides is 1. The van der Waals surface area contributed by atoms with Crippen molar-refractivity contribution in [2.45, 2.75) is 71.7 Å². The Bertz CT molecular complexity index is 1150. The molecule has 2 aromatic heterocycles. The minimum absolute atomic E-state index is 0.0234. The number of nitrogens with one attached hydrogen (secondary N) is 1. The number of halogens is 4. The van der Waals surface area contributed by atoms with Crippen molar-refractivity contribution in [3.63, 3.8) is 0 Å². The smallest absolute Gasteiger partial charge is 0.436 e. The molecule has 1 unspecified atom stereocenters. The van der Waals surface area contributed by atoms with Gasteiger partial charge in [-0.05, 0) is 53.0 Å². The van der Waals surface area contributed by atoms with Gasteiger partial charge in [0.25, 0.3) is 0 Å². The first-order valence-electron chi connectivity index (χ1n) is 10.9. The van der Waals surface area contributed by atoms with Crippen molar-refractivity contribution >= 4 is 45.8 Å². The van der Waals surface area contributed by atoms with E-state index in [0.29, 0.717) is 12.8 Å². The Balaban J connectivity index is 1.98. The molecule has 0 aliphatic heterocycles. The molecular formula is C22H25ClF3N3O5S. The average Bonchev–Trinajstić information content (AvgIpc) is 3.43. The summed E-state index contributed by atoms with van der Waals surface area (Å²) in [6, 6.07) is -1.19. The van der Waals surface area contributed by atoms with Crippen LogP contribution in [-0.4, -0.2) is 40.3 Å². The van der Waals surface area contributed by atoms with Gasteiger partial charge in [0, 0.05) is 5.92 Å². The summed E-state index contributed by atoms with van der Waals surface area (Å²) in [4.78, 5) is 38.3. The number of alkyl halides is 3. The zero-order valence-corrected chi connectivity index (χ0v) is 21.3. The van der Waals surface area contributed by atoms with Crippen LogP contribution in [0.4, 0.5) is 18.2 Å². The van der Waals surface area contributed by atoms with Crippen molar-refractivity contribution in [2.75, 3.05) is 11.9 Å². The van der Waals surface area contributed by atoms with E-state index in [2.05, 4.69) is 10.4 Å². The Hall–Kier alpha value is -2.60. The van der Waals surface area contributed by atoms with Crippen LogP contribution in [0.3, 0.4) is 0 Å². The summed E-state index contributed by atoms with van der Waals surface area (Å²) < 4.78 is 51.5. The van der Waals surface area contributed by atoms with Crippen LogP contribution < -0.4 is 5.32 Å². The minimum atomic E-state index is -4.78. The number of carbonyl (C=O) groups excluding carboxylic acids is 3. The fourth-order valence-electron chi connectivity index (χ4n) is 3.47. The van der Waals surface area contributed by atoms with Gasteiger partial charge in [-0.15, -0.1) is 11.3 Å². The lowest BCUT2D eigenvalue weighted by Gasteiger charge is -2.16. The molecule has 35 heavy (non-hydrogen) atoms. The summed E-state index contributed by atoms with van der Waals surface area (Å²) in [5, 5.41) is 5.68. The van der Waals surface area contributed by atoms with E-state index in [-0.39, 0.29) is 39.2 Å². The molecule has 8 nitrogen and oxygen atoms in total. The zero-order chi connectivity index (χ0) is 26.2. The number of nitrogens with zero attached hydrogens (tertiary/aromatic N) is 2. The van der Waals surface area contributed by atoms with Crippen molar-refractivity contribution < 1.29 is 37.0 Å². The minimum Gasteiger partial charge on any atom is -0.462 e. The molecule has 1 fully saturated rings. The van der Waals surface area contributed by atoms with Crippen LogP contribution in [0.1, 0.15) is 89.5 Å². The number of esters is 2. The third kappa shape index (κ3) is 5.64. The number of rotatable bonds is 8. The maximum Gasteiger partial charge on any atom is 0.436 e. The van der Waals surface area contributed by atoms with Crippen molar-refractivity contribution in [3.8, 4) is 0 Å². The van der Waals surface area contributed by atoms with E-state index in [1.165, 1.54) is 13.8 Å². The predicted molar refractivity (Wildman–Crippen MR) is 123 cm³/mol. The number of hydrogen-bond donors (Lipinski definition) is 1. The lowest BCUT2D eigenvalue weighted by molar-refractivity contribution is -0.141. The van der Waals surface area contributed by atoms with Gasteiger partial charge in [-0.25, -0.2) is 9.59 Å². The third-order valence-electron chi connectivity index (χ3n) is 5.26. The summed E-state index contributed by atoms with van der Waals surface area (Å²) in [5.41, 5.74) is -0.861. The monoisotopic (exact) mass is 535 g/mol. The van der Waals surface area contributed by atoms with E-state index >= 15 is 0 Å². The summed E-state index contributed by atoms with van der Waals surface area (Å²) in [5.74, 6) is -2.40. The highest BCUT2D eigenvalue weighted by atomic mass is 35.5. The van der Waals surface area contributed by atoms with Crippen LogP contribution >= 0.6 is 22.9 Å². The Morgan fingerprint density at radius 1 is 1.23 bits per heavy atom. The number of thiophene rings is 1. The second-order valence-corrected chi connectivity index (χ2v) is 9.76. The van der Waals surface area contributed by atoms with E-state index in [4.69, 9.17) is 21.1 Å². The predicted octanol–water partition coefficient (Wildman–Crippen LogP) is 5.74. The normalized spacial score (nSPS) is 14.7. The fraction of sp³-hybridized carbons (Fsp3) is 0.545. The molecule has 1 aliphatic carbocycles. The van der Waals surface area contributed by atoms with E-state index < -0.39 is 46.9 Å². The molecule has 1 aliphatic rings. The molecule has 1 saturated carbocycles. The standard InChI is InChI=1S/C22H25ClF3N3O5S/c1-6-33-21(32)16-10(4)13(20(31)34-9(2)3)19(35-16)27-18(30)11(5)29-15(12-7-8-12)14(23)17(28-29)22(24,25)26/h9,11-12H,6-8H2,1-5H3,(H,27,30). The summed E-state index contributed by atoms with van der Waals surface area (Å²) >= 11 is 6.84. The van der Waals surface area contributed by atoms with Crippen LogP contribution in [-0.2, 0) is 20.4 Å². The maximum absolute atomic E-state index is 13.4. The van der Waals surface area contributed by atoms with E-state index in [0.717, 1.165) is 16.0 Å². The second-order valence-electron chi connectivity index (χ2n) is 8.36. The largest absolute Gasteiger partial charge is 0.462 e. The summed E-state index contributed by atoms with van der Waals surface area (Å²) in [7, 11) is 0. The molecule has 0 spiro atoms. The van der Waals surface area contributed by atoms with Crippen molar-refractivity contribution in [2.24, 2.45) is 0 Å². The molecular weight excluding hydrogens is 511 g/mol. The topological polar surface area (TPSA) is 99.5 Å². The van der Waals surface area contributed by atoms with Gasteiger partial charge in [0.1, 0.15) is 15.9 Å². The van der Waals surface area contributed by atoms with Gasteiger partial charge in [0.05, 0.1) is 29.0 Å². The van der Waals surface area contributed by atoms with Crippen LogP contribution in [0.5, 0.6) is 0 Å². The van der Waals surface area contributed by atoms with Gasteiger partial charge >= 0.3 is 18.1 Å². The van der Waals surface area contributed by atoms with Gasteiger partial charge in [-0.3, -0.25) is 9.48 Å². The van der Waals surface area contributed by atoms with Gasteiger partial charge in [0.15, 0.2) is 5.69 Å². The van der Waals surface area contributed by atoms with Crippen LogP contribution in [0, 0.1) is 6.92 Å². The fourth-order valence-corrected chi connectivity index (χ4v) is 4.94. The van der Waals surface area contributed by atoms with Gasteiger partial charge in [-0.1, -0.05) is 11.6 Å². The molecule has 1 N–H and O–H groups in total. The molecule has 192 valence electrons. The molecule has 2 heterocycles. The van der Waals surface area contributed by atoms with Crippen molar-refractivity contribution in [3.05, 3.63) is 32.4 Å². The van der Waals surface area contributed by atoms with Crippen molar-refractivity contribution in [1.82, 2.24) is 9.78 Å². The Morgan fingerprint density at radius 2 is 1.86 bits per heavy atom. The lowest BCUT2D eigenvalue weighted by Crippen LogP contribution is -2.26. The molecule has 1 amide bonds.